The van der Waals surface area contributed by atoms with E-state index < -0.39 is 11.9 Å². The molecule has 1 aromatic carbocycles. The Hall–Kier alpha value is -2.15. The van der Waals surface area contributed by atoms with Crippen LogP contribution in [0.4, 0.5) is 5.69 Å². The molecule has 2 N–H and O–H groups in total. The van der Waals surface area contributed by atoms with Gasteiger partial charge >= 0.3 is 5.97 Å². The van der Waals surface area contributed by atoms with Crippen LogP contribution in [0.2, 0.25) is 0 Å². The molecule has 6 nitrogen and oxygen atoms in total. The smallest absolute Gasteiger partial charge is 0.339 e. The van der Waals surface area contributed by atoms with Crippen molar-refractivity contribution in [2.45, 2.75) is 0 Å². The summed E-state index contributed by atoms with van der Waals surface area (Å²) in [5.41, 5.74) is 0.444. The number of aryl methyl sites for hydroxylation is 1. The number of carboxylic acid groups (broad SMARTS) is 1. The maximum Gasteiger partial charge on any atom is 0.339 e. The van der Waals surface area contributed by atoms with E-state index in [0.29, 0.717) is 5.69 Å². The molecule has 0 fully saturated rings. The summed E-state index contributed by atoms with van der Waals surface area (Å²) in [6.45, 7) is 0. The number of amides is 1. The zero-order valence-corrected chi connectivity index (χ0v) is 11.5. The molecule has 0 unspecified atom stereocenters. The van der Waals surface area contributed by atoms with Crippen LogP contribution in [0.15, 0.2) is 34.9 Å². The lowest BCUT2D eigenvalue weighted by Gasteiger charge is -2.06. The van der Waals surface area contributed by atoms with Crippen molar-refractivity contribution in [3.05, 3.63) is 46.2 Å². The van der Waals surface area contributed by atoms with Gasteiger partial charge in [0, 0.05) is 17.2 Å². The third-order valence-corrected chi connectivity index (χ3v) is 2.96. The van der Waals surface area contributed by atoms with Crippen molar-refractivity contribution in [1.82, 2.24) is 9.78 Å². The first-order valence-electron chi connectivity index (χ1n) is 5.31. The number of carboxylic acids is 1. The number of aromatic nitrogens is 2. The zero-order chi connectivity index (χ0) is 14.0. The van der Waals surface area contributed by atoms with Crippen LogP contribution in [0.1, 0.15) is 20.8 Å². The summed E-state index contributed by atoms with van der Waals surface area (Å²) in [7, 11) is 1.52. The number of hydrogen-bond donors (Lipinski definition) is 2. The third kappa shape index (κ3) is 2.82. The largest absolute Gasteiger partial charge is 0.478 e. The molecule has 0 bridgehead atoms. The average Bonchev–Trinajstić information content (AvgIpc) is 2.71. The molecule has 0 saturated heterocycles. The Labute approximate surface area is 117 Å². The van der Waals surface area contributed by atoms with Gasteiger partial charge in [-0.15, -0.1) is 0 Å². The Balaban J connectivity index is 2.30. The molecule has 0 aliphatic rings. The topological polar surface area (TPSA) is 84.2 Å². The number of nitrogens with one attached hydrogen (secondary N) is 1. The normalized spacial score (nSPS) is 10.2. The minimum absolute atomic E-state index is 0.00692. The maximum absolute atomic E-state index is 12.1. The van der Waals surface area contributed by atoms with Crippen LogP contribution in [0.3, 0.4) is 0 Å². The molecule has 7 heteroatoms. The van der Waals surface area contributed by atoms with Crippen LogP contribution in [0.5, 0.6) is 0 Å². The summed E-state index contributed by atoms with van der Waals surface area (Å²) in [6, 6.07) is 7.01. The fourth-order valence-corrected chi connectivity index (χ4v) is 2.02. The Morgan fingerprint density at radius 1 is 1.42 bits per heavy atom. The Bertz CT molecular complexity index is 651. The highest BCUT2D eigenvalue weighted by Gasteiger charge is 2.21. The van der Waals surface area contributed by atoms with Gasteiger partial charge < -0.3 is 10.4 Å². The van der Waals surface area contributed by atoms with Crippen molar-refractivity contribution in [1.29, 1.82) is 0 Å². The summed E-state index contributed by atoms with van der Waals surface area (Å²) < 4.78 is 2.05. The second-order valence-corrected chi connectivity index (χ2v) is 4.72. The number of anilines is 1. The SMILES string of the molecule is Cn1ncc(C(=O)O)c1C(=O)Nc1cccc(Br)c1. The third-order valence-electron chi connectivity index (χ3n) is 2.47. The molecule has 1 heterocycles. The molecule has 1 amide bonds. The number of benzene rings is 1. The maximum atomic E-state index is 12.1. The second kappa shape index (κ2) is 5.23. The molecular formula is C12H10BrN3O3. The van der Waals surface area contributed by atoms with Crippen molar-refractivity contribution >= 4 is 33.5 Å². The molecule has 2 aromatic rings. The highest BCUT2D eigenvalue weighted by molar-refractivity contribution is 9.10. The van der Waals surface area contributed by atoms with Gasteiger partial charge in [0.05, 0.1) is 6.20 Å². The lowest BCUT2D eigenvalue weighted by atomic mass is 10.2. The van der Waals surface area contributed by atoms with Crippen molar-refractivity contribution < 1.29 is 14.7 Å². The summed E-state index contributed by atoms with van der Waals surface area (Å²) in [5.74, 6) is -1.71. The molecule has 19 heavy (non-hydrogen) atoms. The minimum Gasteiger partial charge on any atom is -0.478 e. The summed E-state index contributed by atoms with van der Waals surface area (Å²) in [6.07, 6.45) is 1.15. The number of nitrogens with zero attached hydrogens (tertiary/aromatic N) is 2. The zero-order valence-electron chi connectivity index (χ0n) is 9.92. The molecule has 1 aromatic heterocycles. The fraction of sp³-hybridized carbons (Fsp3) is 0.0833. The van der Waals surface area contributed by atoms with E-state index >= 15 is 0 Å². The first-order valence-corrected chi connectivity index (χ1v) is 6.10. The van der Waals surface area contributed by atoms with Crippen molar-refractivity contribution in [3.8, 4) is 0 Å². The minimum atomic E-state index is -1.19. The lowest BCUT2D eigenvalue weighted by Crippen LogP contribution is -2.19. The molecule has 0 saturated carbocycles. The summed E-state index contributed by atoms with van der Waals surface area (Å²) in [5, 5.41) is 15.4. The van der Waals surface area contributed by atoms with E-state index in [0.717, 1.165) is 10.7 Å². The highest BCUT2D eigenvalue weighted by Crippen LogP contribution is 2.17. The van der Waals surface area contributed by atoms with E-state index in [1.54, 1.807) is 18.2 Å². The number of hydrogen-bond acceptors (Lipinski definition) is 3. The van der Waals surface area contributed by atoms with Crippen molar-refractivity contribution in [3.63, 3.8) is 0 Å². The summed E-state index contributed by atoms with van der Waals surface area (Å²) >= 11 is 3.29. The molecule has 0 spiro atoms. The monoisotopic (exact) mass is 323 g/mol. The van der Waals surface area contributed by atoms with Gasteiger partial charge in [-0.3, -0.25) is 9.48 Å². The van der Waals surface area contributed by atoms with Crippen LogP contribution in [-0.2, 0) is 7.05 Å². The fourth-order valence-electron chi connectivity index (χ4n) is 1.62. The number of carbonyl (C=O) groups excluding carboxylic acids is 1. The number of aromatic carboxylic acids is 1. The van der Waals surface area contributed by atoms with E-state index in [9.17, 15) is 9.59 Å². The van der Waals surface area contributed by atoms with E-state index in [-0.39, 0.29) is 11.3 Å². The van der Waals surface area contributed by atoms with Gasteiger partial charge in [-0.1, -0.05) is 22.0 Å². The standard InChI is InChI=1S/C12H10BrN3O3/c1-16-10(9(6-14-16)12(18)19)11(17)15-8-4-2-3-7(13)5-8/h2-6H,1H3,(H,15,17)(H,18,19). The Morgan fingerprint density at radius 3 is 2.79 bits per heavy atom. The molecule has 98 valence electrons. The van der Waals surface area contributed by atoms with Crippen molar-refractivity contribution in [2.24, 2.45) is 7.05 Å². The molecule has 0 radical (unpaired) electrons. The van der Waals surface area contributed by atoms with Crippen LogP contribution in [0.25, 0.3) is 0 Å². The van der Waals surface area contributed by atoms with Gasteiger partial charge in [0.15, 0.2) is 0 Å². The molecular weight excluding hydrogens is 314 g/mol. The van der Waals surface area contributed by atoms with E-state index in [2.05, 4.69) is 26.3 Å². The van der Waals surface area contributed by atoms with E-state index in [4.69, 9.17) is 5.11 Å². The van der Waals surface area contributed by atoms with Gasteiger partial charge in [-0.25, -0.2) is 4.79 Å². The summed E-state index contributed by atoms with van der Waals surface area (Å²) in [4.78, 5) is 23.1. The average molecular weight is 324 g/mol. The van der Waals surface area contributed by atoms with Crippen LogP contribution in [-0.4, -0.2) is 26.8 Å². The number of rotatable bonds is 3. The van der Waals surface area contributed by atoms with Gasteiger partial charge in [0.25, 0.3) is 5.91 Å². The predicted octanol–water partition coefficient (Wildman–Crippen LogP) is 2.13. The van der Waals surface area contributed by atoms with Crippen LogP contribution < -0.4 is 5.32 Å². The Kier molecular flexibility index (Phi) is 3.66. The molecule has 2 rings (SSSR count). The first kappa shape index (κ1) is 13.3. The highest BCUT2D eigenvalue weighted by atomic mass is 79.9. The number of halogens is 1. The predicted molar refractivity (Wildman–Crippen MR) is 72.3 cm³/mol. The van der Waals surface area contributed by atoms with Crippen LogP contribution >= 0.6 is 15.9 Å². The second-order valence-electron chi connectivity index (χ2n) is 3.80. The van der Waals surface area contributed by atoms with E-state index in [1.165, 1.54) is 11.7 Å². The van der Waals surface area contributed by atoms with Gasteiger partial charge in [-0.05, 0) is 18.2 Å². The molecule has 0 aliphatic carbocycles. The Morgan fingerprint density at radius 2 is 2.16 bits per heavy atom. The first-order chi connectivity index (χ1) is 8.99. The van der Waals surface area contributed by atoms with Gasteiger partial charge in [0.2, 0.25) is 0 Å². The quantitative estimate of drug-likeness (QED) is 0.906. The van der Waals surface area contributed by atoms with Gasteiger partial charge in [-0.2, -0.15) is 5.10 Å². The molecule has 0 aliphatic heterocycles. The van der Waals surface area contributed by atoms with Crippen LogP contribution in [0, 0.1) is 0 Å². The molecule has 0 atom stereocenters. The van der Waals surface area contributed by atoms with Crippen molar-refractivity contribution in [2.75, 3.05) is 5.32 Å². The lowest BCUT2D eigenvalue weighted by molar-refractivity contribution is 0.0692. The number of carbonyl (C=O) groups is 2. The van der Waals surface area contributed by atoms with Gasteiger partial charge in [0.1, 0.15) is 11.3 Å². The van der Waals surface area contributed by atoms with E-state index in [1.807, 2.05) is 6.07 Å².